The molecule has 2 heterocycles. The van der Waals surface area contributed by atoms with Crippen LogP contribution in [0.4, 0.5) is 0 Å². The lowest BCUT2D eigenvalue weighted by atomic mass is 9.93. The first-order valence-corrected chi connectivity index (χ1v) is 7.20. The minimum Gasteiger partial charge on any atom is -0.466 e. The van der Waals surface area contributed by atoms with E-state index >= 15 is 0 Å². The van der Waals surface area contributed by atoms with E-state index < -0.39 is 11.9 Å². The maximum Gasteiger partial charge on any atom is 0.311 e. The molecule has 0 unspecified atom stereocenters. The molecule has 2 aliphatic rings. The maximum atomic E-state index is 11.8. The Kier molecular flexibility index (Phi) is 5.19. The fourth-order valence-electron chi connectivity index (χ4n) is 2.92. The van der Waals surface area contributed by atoms with E-state index in [0.29, 0.717) is 19.4 Å². The normalized spacial score (nSPS) is 37.9. The van der Waals surface area contributed by atoms with Crippen molar-refractivity contribution in [3.05, 3.63) is 0 Å². The van der Waals surface area contributed by atoms with Gasteiger partial charge in [0.1, 0.15) is 0 Å². The van der Waals surface area contributed by atoms with Crippen LogP contribution in [0.2, 0.25) is 0 Å². The van der Waals surface area contributed by atoms with E-state index in [-0.39, 0.29) is 18.5 Å². The summed E-state index contributed by atoms with van der Waals surface area (Å²) >= 11 is 0. The minimum atomic E-state index is -1.02. The predicted octanol–water partition coefficient (Wildman–Crippen LogP) is 1.77. The number of hydrogen-bond donors (Lipinski definition) is 1. The number of rotatable bonds is 1. The second kappa shape index (κ2) is 6.68. The summed E-state index contributed by atoms with van der Waals surface area (Å²) < 4.78 is 16.6. The molecule has 0 aromatic heterocycles. The molecule has 2 rings (SSSR count). The molecule has 2 aliphatic heterocycles. The van der Waals surface area contributed by atoms with Gasteiger partial charge in [0.05, 0.1) is 25.2 Å². The molecular weight excluding hydrogens is 248 g/mol. The average molecular weight is 272 g/mol. The Bertz CT molecular complexity index is 306. The van der Waals surface area contributed by atoms with Crippen molar-refractivity contribution in [2.75, 3.05) is 13.7 Å². The number of esters is 1. The standard InChI is InChI=1S/C14H24O5/c1-17-14-9-11(15)8-12(19-14)6-4-2-3-5-7-18-13(16)10-14/h11-12,15H,2-10H2,1H3/t11-,12+,14+/m1/s1. The second-order valence-electron chi connectivity index (χ2n) is 5.55. The zero-order valence-corrected chi connectivity index (χ0v) is 11.6. The molecule has 0 aromatic carbocycles. The predicted molar refractivity (Wildman–Crippen MR) is 68.5 cm³/mol. The van der Waals surface area contributed by atoms with Gasteiger partial charge >= 0.3 is 5.97 Å². The third-order valence-electron chi connectivity index (χ3n) is 3.93. The molecule has 1 N–H and O–H groups in total. The summed E-state index contributed by atoms with van der Waals surface area (Å²) in [6, 6.07) is 0. The number of fused-ring (bicyclic) bond motifs is 2. The summed E-state index contributed by atoms with van der Waals surface area (Å²) in [6.07, 6.45) is 5.57. The van der Waals surface area contributed by atoms with Gasteiger partial charge in [-0.1, -0.05) is 19.3 Å². The zero-order chi connectivity index (χ0) is 13.7. The number of cyclic esters (lactones) is 1. The summed E-state index contributed by atoms with van der Waals surface area (Å²) in [7, 11) is 1.52. The van der Waals surface area contributed by atoms with Gasteiger partial charge in [0.15, 0.2) is 5.79 Å². The van der Waals surface area contributed by atoms with Crippen molar-refractivity contribution in [2.24, 2.45) is 0 Å². The first kappa shape index (κ1) is 14.8. The van der Waals surface area contributed by atoms with Crippen molar-refractivity contribution in [1.82, 2.24) is 0 Å². The van der Waals surface area contributed by atoms with E-state index in [9.17, 15) is 9.90 Å². The van der Waals surface area contributed by atoms with Crippen LogP contribution in [0.5, 0.6) is 0 Å². The highest BCUT2D eigenvalue weighted by atomic mass is 16.7. The van der Waals surface area contributed by atoms with Crippen molar-refractivity contribution in [1.29, 1.82) is 0 Å². The molecular formula is C14H24O5. The summed E-state index contributed by atoms with van der Waals surface area (Å²) in [5, 5.41) is 9.99. The molecule has 0 aliphatic carbocycles. The van der Waals surface area contributed by atoms with Gasteiger partial charge in [-0.05, 0) is 19.3 Å². The molecule has 19 heavy (non-hydrogen) atoms. The highest BCUT2D eigenvalue weighted by Crippen LogP contribution is 2.35. The third-order valence-corrected chi connectivity index (χ3v) is 3.93. The van der Waals surface area contributed by atoms with Crippen LogP contribution < -0.4 is 0 Å². The van der Waals surface area contributed by atoms with Crippen LogP contribution in [0.3, 0.4) is 0 Å². The number of aliphatic hydroxyl groups excluding tert-OH is 1. The molecule has 0 spiro atoms. The molecule has 0 saturated carbocycles. The topological polar surface area (TPSA) is 65.0 Å². The SMILES string of the molecule is CO[C@@]12CC(=O)OCCCCCC[C@@H](C[C@@H](O)C1)O2. The Morgan fingerprint density at radius 1 is 1.32 bits per heavy atom. The summed E-state index contributed by atoms with van der Waals surface area (Å²) in [5.74, 6) is -1.33. The highest BCUT2D eigenvalue weighted by molar-refractivity contribution is 5.70. The summed E-state index contributed by atoms with van der Waals surface area (Å²) in [6.45, 7) is 0.463. The lowest BCUT2D eigenvalue weighted by molar-refractivity contribution is -0.288. The number of methoxy groups -OCH3 is 1. The molecule has 2 fully saturated rings. The number of ether oxygens (including phenoxy) is 3. The van der Waals surface area contributed by atoms with Gasteiger partial charge in [0.25, 0.3) is 0 Å². The van der Waals surface area contributed by atoms with Gasteiger partial charge in [-0.25, -0.2) is 0 Å². The van der Waals surface area contributed by atoms with Crippen LogP contribution in [-0.2, 0) is 19.0 Å². The van der Waals surface area contributed by atoms with E-state index in [4.69, 9.17) is 14.2 Å². The van der Waals surface area contributed by atoms with E-state index in [1.54, 1.807) is 0 Å². The van der Waals surface area contributed by atoms with E-state index in [1.165, 1.54) is 7.11 Å². The molecule has 0 aromatic rings. The number of carbonyl (C=O) groups is 1. The molecule has 5 nitrogen and oxygen atoms in total. The maximum absolute atomic E-state index is 11.8. The van der Waals surface area contributed by atoms with Crippen molar-refractivity contribution in [2.45, 2.75) is 69.4 Å². The van der Waals surface area contributed by atoms with E-state index in [1.807, 2.05) is 0 Å². The lowest BCUT2D eigenvalue weighted by Gasteiger charge is -2.41. The largest absolute Gasteiger partial charge is 0.466 e. The molecule has 110 valence electrons. The van der Waals surface area contributed by atoms with Crippen LogP contribution >= 0.6 is 0 Å². The highest BCUT2D eigenvalue weighted by Gasteiger charge is 2.43. The van der Waals surface area contributed by atoms with Gasteiger partial charge in [0.2, 0.25) is 0 Å². The molecule has 5 heteroatoms. The smallest absolute Gasteiger partial charge is 0.311 e. The van der Waals surface area contributed by atoms with Crippen LogP contribution in [0.25, 0.3) is 0 Å². The first-order valence-electron chi connectivity index (χ1n) is 7.20. The Balaban J connectivity index is 2.08. The van der Waals surface area contributed by atoms with Crippen LogP contribution in [0.1, 0.15) is 51.4 Å². The number of carbonyl (C=O) groups excluding carboxylic acids is 1. The van der Waals surface area contributed by atoms with Gasteiger partial charge < -0.3 is 19.3 Å². The van der Waals surface area contributed by atoms with Gasteiger partial charge in [-0.3, -0.25) is 4.79 Å². The molecule has 2 saturated heterocycles. The molecule has 3 atom stereocenters. The Morgan fingerprint density at radius 3 is 2.89 bits per heavy atom. The van der Waals surface area contributed by atoms with Crippen molar-refractivity contribution in [3.8, 4) is 0 Å². The lowest BCUT2D eigenvalue weighted by Crippen LogP contribution is -2.49. The quantitative estimate of drug-likeness (QED) is 0.737. The van der Waals surface area contributed by atoms with Crippen LogP contribution in [-0.4, -0.2) is 42.8 Å². The molecule has 2 bridgehead atoms. The molecule has 0 radical (unpaired) electrons. The summed E-state index contributed by atoms with van der Waals surface area (Å²) in [4.78, 5) is 11.8. The Morgan fingerprint density at radius 2 is 2.11 bits per heavy atom. The fourth-order valence-corrected chi connectivity index (χ4v) is 2.92. The fraction of sp³-hybridized carbons (Fsp3) is 0.929. The van der Waals surface area contributed by atoms with Crippen molar-refractivity contribution >= 4 is 5.97 Å². The average Bonchev–Trinajstić information content (AvgIpc) is 2.35. The minimum absolute atomic E-state index is 0.0315. The zero-order valence-electron chi connectivity index (χ0n) is 11.6. The first-order chi connectivity index (χ1) is 9.13. The number of aliphatic hydroxyl groups is 1. The van der Waals surface area contributed by atoms with Gasteiger partial charge in [-0.2, -0.15) is 0 Å². The molecule has 0 amide bonds. The summed E-state index contributed by atoms with van der Waals surface area (Å²) in [5.41, 5.74) is 0. The van der Waals surface area contributed by atoms with Crippen LogP contribution in [0, 0.1) is 0 Å². The van der Waals surface area contributed by atoms with Gasteiger partial charge in [0, 0.05) is 13.5 Å². The number of hydrogen-bond acceptors (Lipinski definition) is 5. The third kappa shape index (κ3) is 4.16. The van der Waals surface area contributed by atoms with Crippen molar-refractivity contribution < 1.29 is 24.1 Å². The Hall–Kier alpha value is -0.650. The van der Waals surface area contributed by atoms with E-state index in [0.717, 1.165) is 32.1 Å². The van der Waals surface area contributed by atoms with Crippen molar-refractivity contribution in [3.63, 3.8) is 0 Å². The van der Waals surface area contributed by atoms with Crippen LogP contribution in [0.15, 0.2) is 0 Å². The monoisotopic (exact) mass is 272 g/mol. The van der Waals surface area contributed by atoms with E-state index in [2.05, 4.69) is 0 Å². The van der Waals surface area contributed by atoms with Gasteiger partial charge in [-0.15, -0.1) is 0 Å². The Labute approximate surface area is 114 Å². The second-order valence-corrected chi connectivity index (χ2v) is 5.55.